The monoisotopic (exact) mass is 351 g/mol. The third-order valence-corrected chi connectivity index (χ3v) is 6.12. The molecule has 3 aromatic rings. The SMILES string of the molecule is Clc1ccc(C[NH+]2CCN(c3ncnc4sccc34)CC2)s1. The molecule has 0 aliphatic carbocycles. The second kappa shape index (κ2) is 6.12. The summed E-state index contributed by atoms with van der Waals surface area (Å²) < 4.78 is 0.883. The van der Waals surface area contributed by atoms with Crippen LogP contribution in [0.25, 0.3) is 10.2 Å². The van der Waals surface area contributed by atoms with E-state index in [1.807, 2.05) is 6.07 Å². The lowest BCUT2D eigenvalue weighted by atomic mass is 10.2. The molecule has 0 atom stereocenters. The van der Waals surface area contributed by atoms with Gasteiger partial charge in [-0.1, -0.05) is 11.6 Å². The number of fused-ring (bicyclic) bond motifs is 1. The minimum absolute atomic E-state index is 0.883. The van der Waals surface area contributed by atoms with Crippen molar-refractivity contribution in [1.82, 2.24) is 9.97 Å². The molecule has 4 heterocycles. The number of nitrogens with one attached hydrogen (secondary N) is 1. The first-order valence-corrected chi connectivity index (χ1v) is 9.38. The van der Waals surface area contributed by atoms with E-state index in [-0.39, 0.29) is 0 Å². The van der Waals surface area contributed by atoms with Crippen LogP contribution in [0.15, 0.2) is 29.9 Å². The van der Waals surface area contributed by atoms with Gasteiger partial charge in [0.1, 0.15) is 23.5 Å². The highest BCUT2D eigenvalue weighted by atomic mass is 35.5. The minimum atomic E-state index is 0.883. The van der Waals surface area contributed by atoms with Gasteiger partial charge in [-0.25, -0.2) is 9.97 Å². The maximum atomic E-state index is 6.01. The lowest BCUT2D eigenvalue weighted by Crippen LogP contribution is -3.13. The number of hydrogen-bond donors (Lipinski definition) is 1. The molecule has 0 saturated carbocycles. The Morgan fingerprint density at radius 2 is 2.05 bits per heavy atom. The fraction of sp³-hybridized carbons (Fsp3) is 0.333. The van der Waals surface area contributed by atoms with E-state index < -0.39 is 0 Å². The largest absolute Gasteiger partial charge is 0.345 e. The average molecular weight is 352 g/mol. The summed E-state index contributed by atoms with van der Waals surface area (Å²) >= 11 is 9.38. The fourth-order valence-corrected chi connectivity index (χ4v) is 4.82. The van der Waals surface area contributed by atoms with E-state index in [0.29, 0.717) is 0 Å². The quantitative estimate of drug-likeness (QED) is 0.786. The highest BCUT2D eigenvalue weighted by Gasteiger charge is 2.23. The molecule has 4 rings (SSSR count). The van der Waals surface area contributed by atoms with Crippen LogP contribution >= 0.6 is 34.3 Å². The summed E-state index contributed by atoms with van der Waals surface area (Å²) in [5, 5.41) is 3.27. The van der Waals surface area contributed by atoms with Gasteiger partial charge in [0.25, 0.3) is 0 Å². The third-order valence-electron chi connectivity index (χ3n) is 4.06. The van der Waals surface area contributed by atoms with Gasteiger partial charge >= 0.3 is 0 Å². The fourth-order valence-electron chi connectivity index (χ4n) is 2.93. The van der Waals surface area contributed by atoms with Gasteiger partial charge in [0.05, 0.1) is 40.8 Å². The maximum Gasteiger partial charge on any atom is 0.141 e. The summed E-state index contributed by atoms with van der Waals surface area (Å²) in [5.74, 6) is 1.09. The molecule has 1 N–H and O–H groups in total. The molecule has 0 amide bonds. The summed E-state index contributed by atoms with van der Waals surface area (Å²) in [5.41, 5.74) is 0. The number of thiophene rings is 2. The minimum Gasteiger partial charge on any atom is -0.345 e. The molecule has 0 spiro atoms. The number of hydrogen-bond acceptors (Lipinski definition) is 5. The van der Waals surface area contributed by atoms with E-state index in [1.165, 1.54) is 10.3 Å². The van der Waals surface area contributed by atoms with Crippen molar-refractivity contribution in [3.8, 4) is 0 Å². The standard InChI is InChI=1S/C15H15ClN4S2/c16-13-2-1-11(22-13)9-19-4-6-20(7-5-19)14-12-3-8-21-15(12)18-10-17-14/h1-3,8,10H,4-7,9H2/p+1. The van der Waals surface area contributed by atoms with E-state index in [9.17, 15) is 0 Å². The Balaban J connectivity index is 1.44. The molecule has 7 heteroatoms. The lowest BCUT2D eigenvalue weighted by molar-refractivity contribution is -0.914. The molecule has 1 fully saturated rings. The Labute approximate surface area is 142 Å². The molecule has 4 nitrogen and oxygen atoms in total. The smallest absolute Gasteiger partial charge is 0.141 e. The number of anilines is 1. The Morgan fingerprint density at radius 1 is 1.18 bits per heavy atom. The topological polar surface area (TPSA) is 33.5 Å². The van der Waals surface area contributed by atoms with Crippen LogP contribution in [-0.2, 0) is 6.54 Å². The molecule has 1 saturated heterocycles. The molecule has 1 aliphatic rings. The lowest BCUT2D eigenvalue weighted by Gasteiger charge is -2.32. The van der Waals surface area contributed by atoms with E-state index >= 15 is 0 Å². The van der Waals surface area contributed by atoms with Gasteiger partial charge in [-0.15, -0.1) is 22.7 Å². The van der Waals surface area contributed by atoms with Gasteiger partial charge < -0.3 is 9.80 Å². The number of nitrogens with zero attached hydrogens (tertiary/aromatic N) is 3. The van der Waals surface area contributed by atoms with E-state index in [0.717, 1.165) is 47.7 Å². The van der Waals surface area contributed by atoms with E-state index in [4.69, 9.17) is 11.6 Å². The first kappa shape index (κ1) is 14.4. The van der Waals surface area contributed by atoms with Crippen molar-refractivity contribution in [1.29, 1.82) is 0 Å². The number of piperazine rings is 1. The van der Waals surface area contributed by atoms with Gasteiger partial charge in [0.2, 0.25) is 0 Å². The third kappa shape index (κ3) is 2.84. The zero-order chi connectivity index (χ0) is 14.9. The Hall–Kier alpha value is -1.21. The van der Waals surface area contributed by atoms with Gasteiger partial charge in [-0.05, 0) is 23.6 Å². The van der Waals surface area contributed by atoms with Crippen LogP contribution in [0.1, 0.15) is 4.88 Å². The first-order valence-electron chi connectivity index (χ1n) is 7.30. The molecule has 3 aromatic heterocycles. The van der Waals surface area contributed by atoms with Gasteiger partial charge in [-0.3, -0.25) is 0 Å². The van der Waals surface area contributed by atoms with Crippen molar-refractivity contribution in [2.75, 3.05) is 31.1 Å². The Bertz CT molecular complexity index is 777. The summed E-state index contributed by atoms with van der Waals surface area (Å²) in [6, 6.07) is 6.26. The predicted molar refractivity (Wildman–Crippen MR) is 93.4 cm³/mol. The second-order valence-electron chi connectivity index (χ2n) is 5.46. The summed E-state index contributed by atoms with van der Waals surface area (Å²) in [6.07, 6.45) is 1.68. The van der Waals surface area contributed by atoms with Crippen molar-refractivity contribution >= 4 is 50.3 Å². The van der Waals surface area contributed by atoms with Crippen LogP contribution in [0.2, 0.25) is 4.34 Å². The summed E-state index contributed by atoms with van der Waals surface area (Å²) in [7, 11) is 0. The molecular formula is C15H16ClN4S2+. The average Bonchev–Trinajstić information content (AvgIpc) is 3.16. The molecule has 0 bridgehead atoms. The highest BCUT2D eigenvalue weighted by Crippen LogP contribution is 2.26. The van der Waals surface area contributed by atoms with E-state index in [2.05, 4.69) is 32.4 Å². The van der Waals surface area contributed by atoms with Crippen LogP contribution in [0.4, 0.5) is 5.82 Å². The van der Waals surface area contributed by atoms with E-state index in [1.54, 1.807) is 33.9 Å². The number of halogens is 1. The molecular weight excluding hydrogens is 336 g/mol. The molecule has 1 aliphatic heterocycles. The second-order valence-corrected chi connectivity index (χ2v) is 8.15. The van der Waals surface area contributed by atoms with Crippen molar-refractivity contribution in [2.24, 2.45) is 0 Å². The zero-order valence-corrected chi connectivity index (χ0v) is 14.3. The first-order chi connectivity index (χ1) is 10.8. The Morgan fingerprint density at radius 3 is 2.82 bits per heavy atom. The van der Waals surface area contributed by atoms with Crippen LogP contribution in [0.3, 0.4) is 0 Å². The maximum absolute atomic E-state index is 6.01. The summed E-state index contributed by atoms with van der Waals surface area (Å²) in [6.45, 7) is 5.41. The van der Waals surface area contributed by atoms with Crippen LogP contribution in [0.5, 0.6) is 0 Å². The van der Waals surface area contributed by atoms with Crippen molar-refractivity contribution < 1.29 is 4.90 Å². The normalized spacial score (nSPS) is 16.5. The summed E-state index contributed by atoms with van der Waals surface area (Å²) in [4.78, 5) is 15.3. The van der Waals surface area contributed by atoms with Crippen LogP contribution in [0, 0.1) is 0 Å². The van der Waals surface area contributed by atoms with Crippen LogP contribution < -0.4 is 9.80 Å². The molecule has 0 unspecified atom stereocenters. The van der Waals surface area contributed by atoms with Crippen LogP contribution in [-0.4, -0.2) is 36.1 Å². The molecule has 22 heavy (non-hydrogen) atoms. The van der Waals surface area contributed by atoms with Crippen molar-refractivity contribution in [2.45, 2.75) is 6.54 Å². The highest BCUT2D eigenvalue weighted by molar-refractivity contribution is 7.16. The number of aromatic nitrogens is 2. The molecule has 0 radical (unpaired) electrons. The zero-order valence-electron chi connectivity index (χ0n) is 12.0. The van der Waals surface area contributed by atoms with Crippen molar-refractivity contribution in [3.05, 3.63) is 39.1 Å². The Kier molecular flexibility index (Phi) is 4.00. The van der Waals surface area contributed by atoms with Gasteiger partial charge in [0, 0.05) is 0 Å². The van der Waals surface area contributed by atoms with Gasteiger partial charge in [-0.2, -0.15) is 0 Å². The molecule has 114 valence electrons. The van der Waals surface area contributed by atoms with Crippen molar-refractivity contribution in [3.63, 3.8) is 0 Å². The number of quaternary nitrogens is 1. The molecule has 0 aromatic carbocycles. The van der Waals surface area contributed by atoms with Gasteiger partial charge in [0.15, 0.2) is 0 Å². The predicted octanol–water partition coefficient (Wildman–Crippen LogP) is 2.31. The number of rotatable bonds is 3.